The van der Waals surface area contributed by atoms with Crippen LogP contribution >= 0.6 is 0 Å². The molecule has 1 fully saturated rings. The first-order chi connectivity index (χ1) is 8.66. The van der Waals surface area contributed by atoms with E-state index in [0.29, 0.717) is 13.0 Å². The van der Waals surface area contributed by atoms with Gasteiger partial charge in [0, 0.05) is 13.0 Å². The van der Waals surface area contributed by atoms with E-state index in [4.69, 9.17) is 9.15 Å². The maximum absolute atomic E-state index is 10.5. The van der Waals surface area contributed by atoms with Gasteiger partial charge >= 0.3 is 0 Å². The molecule has 1 aromatic heterocycles. The van der Waals surface area contributed by atoms with Gasteiger partial charge in [0.15, 0.2) is 0 Å². The van der Waals surface area contributed by atoms with E-state index in [9.17, 15) is 5.11 Å². The molecule has 0 amide bonds. The second-order valence-corrected chi connectivity index (χ2v) is 5.53. The summed E-state index contributed by atoms with van der Waals surface area (Å²) in [5.74, 6) is 0.750. The summed E-state index contributed by atoms with van der Waals surface area (Å²) in [6.45, 7) is 4.94. The van der Waals surface area contributed by atoms with Gasteiger partial charge < -0.3 is 14.3 Å². The van der Waals surface area contributed by atoms with E-state index < -0.39 is 6.10 Å². The van der Waals surface area contributed by atoms with E-state index in [0.717, 1.165) is 37.2 Å². The highest BCUT2D eigenvalue weighted by molar-refractivity contribution is 5.09. The highest BCUT2D eigenvalue weighted by Crippen LogP contribution is 2.38. The Balaban J connectivity index is 2.04. The third kappa shape index (κ3) is 2.96. The smallest absolute Gasteiger partial charge is 0.0943 e. The fraction of sp³-hybridized carbons (Fsp3) is 0.733. The number of hydrogen-bond acceptors (Lipinski definition) is 3. The second kappa shape index (κ2) is 5.89. The minimum atomic E-state index is -0.442. The van der Waals surface area contributed by atoms with Gasteiger partial charge in [-0.1, -0.05) is 6.92 Å². The van der Waals surface area contributed by atoms with Crippen LogP contribution in [0.4, 0.5) is 0 Å². The SMILES string of the molecule is CCOC1(C(O)Cc2ccoc2)CCC(C)CC1. The number of furan rings is 1. The molecule has 3 nitrogen and oxygen atoms in total. The van der Waals surface area contributed by atoms with Gasteiger partial charge in [-0.3, -0.25) is 0 Å². The Morgan fingerprint density at radius 3 is 2.78 bits per heavy atom. The molecule has 1 aromatic rings. The summed E-state index contributed by atoms with van der Waals surface area (Å²) in [6, 6.07) is 1.91. The van der Waals surface area contributed by atoms with E-state index in [1.807, 2.05) is 13.0 Å². The first kappa shape index (κ1) is 13.6. The summed E-state index contributed by atoms with van der Waals surface area (Å²) in [4.78, 5) is 0. The van der Waals surface area contributed by atoms with Crippen LogP contribution in [0.3, 0.4) is 0 Å². The van der Waals surface area contributed by atoms with E-state index >= 15 is 0 Å². The Labute approximate surface area is 109 Å². The molecule has 2 rings (SSSR count). The molecule has 3 heteroatoms. The Hall–Kier alpha value is -0.800. The molecular formula is C15H24O3. The lowest BCUT2D eigenvalue weighted by Crippen LogP contribution is -2.48. The largest absolute Gasteiger partial charge is 0.472 e. The topological polar surface area (TPSA) is 42.6 Å². The maximum Gasteiger partial charge on any atom is 0.0943 e. The van der Waals surface area contributed by atoms with Crippen LogP contribution in [-0.2, 0) is 11.2 Å². The van der Waals surface area contributed by atoms with Gasteiger partial charge in [-0.15, -0.1) is 0 Å². The molecule has 0 aromatic carbocycles. The molecule has 0 saturated heterocycles. The lowest BCUT2D eigenvalue weighted by atomic mass is 9.75. The number of rotatable bonds is 5. The molecule has 1 atom stereocenters. The molecular weight excluding hydrogens is 228 g/mol. The zero-order chi connectivity index (χ0) is 13.0. The molecule has 1 saturated carbocycles. The monoisotopic (exact) mass is 252 g/mol. The number of ether oxygens (including phenoxy) is 1. The van der Waals surface area contributed by atoms with Gasteiger partial charge in [-0.2, -0.15) is 0 Å². The summed E-state index contributed by atoms with van der Waals surface area (Å²) in [6.07, 6.45) is 7.73. The van der Waals surface area contributed by atoms with Crippen molar-refractivity contribution in [2.24, 2.45) is 5.92 Å². The second-order valence-electron chi connectivity index (χ2n) is 5.53. The number of aliphatic hydroxyl groups is 1. The highest BCUT2D eigenvalue weighted by atomic mass is 16.5. The van der Waals surface area contributed by atoms with Gasteiger partial charge in [0.1, 0.15) is 0 Å². The predicted molar refractivity (Wildman–Crippen MR) is 70.4 cm³/mol. The Bertz CT molecular complexity index is 337. The van der Waals surface area contributed by atoms with Gasteiger partial charge in [0.2, 0.25) is 0 Å². The molecule has 102 valence electrons. The number of hydrogen-bond donors (Lipinski definition) is 1. The molecule has 1 N–H and O–H groups in total. The summed E-state index contributed by atoms with van der Waals surface area (Å²) >= 11 is 0. The van der Waals surface area contributed by atoms with Crippen molar-refractivity contribution >= 4 is 0 Å². The van der Waals surface area contributed by atoms with Crippen molar-refractivity contribution in [3.63, 3.8) is 0 Å². The standard InChI is InChI=1S/C15H24O3/c1-3-18-15(7-4-12(2)5-8-15)14(16)10-13-6-9-17-11-13/h6,9,11-12,14,16H,3-5,7-8,10H2,1-2H3. The Kier molecular flexibility index (Phi) is 4.46. The van der Waals surface area contributed by atoms with Gasteiger partial charge in [-0.05, 0) is 50.2 Å². The molecule has 0 spiro atoms. The molecule has 18 heavy (non-hydrogen) atoms. The van der Waals surface area contributed by atoms with Crippen LogP contribution in [-0.4, -0.2) is 23.4 Å². The first-order valence-electron chi connectivity index (χ1n) is 6.99. The van der Waals surface area contributed by atoms with Gasteiger partial charge in [0.05, 0.1) is 24.2 Å². The molecule has 0 aliphatic heterocycles. The highest BCUT2D eigenvalue weighted by Gasteiger charge is 2.41. The predicted octanol–water partition coefficient (Wildman–Crippen LogP) is 3.17. The zero-order valence-electron chi connectivity index (χ0n) is 11.4. The number of aliphatic hydroxyl groups excluding tert-OH is 1. The van der Waals surface area contributed by atoms with Crippen LogP contribution in [0.2, 0.25) is 0 Å². The Morgan fingerprint density at radius 1 is 1.50 bits per heavy atom. The molecule has 0 radical (unpaired) electrons. The third-order valence-electron chi connectivity index (χ3n) is 4.17. The van der Waals surface area contributed by atoms with Gasteiger partial charge in [-0.25, -0.2) is 0 Å². The molecule has 1 heterocycles. The fourth-order valence-electron chi connectivity index (χ4n) is 2.93. The van der Waals surface area contributed by atoms with Crippen LogP contribution in [0.5, 0.6) is 0 Å². The van der Waals surface area contributed by atoms with E-state index in [1.54, 1.807) is 12.5 Å². The first-order valence-corrected chi connectivity index (χ1v) is 6.99. The Morgan fingerprint density at radius 2 is 2.22 bits per heavy atom. The van der Waals surface area contributed by atoms with Crippen molar-refractivity contribution in [2.45, 2.75) is 57.7 Å². The molecule has 1 unspecified atom stereocenters. The molecule has 1 aliphatic rings. The minimum absolute atomic E-state index is 0.349. The molecule has 0 bridgehead atoms. The van der Waals surface area contributed by atoms with E-state index in [-0.39, 0.29) is 5.60 Å². The van der Waals surface area contributed by atoms with E-state index in [1.165, 1.54) is 0 Å². The third-order valence-corrected chi connectivity index (χ3v) is 4.17. The zero-order valence-corrected chi connectivity index (χ0v) is 11.4. The van der Waals surface area contributed by atoms with Crippen LogP contribution in [0, 0.1) is 5.92 Å². The fourth-order valence-corrected chi connectivity index (χ4v) is 2.93. The van der Waals surface area contributed by atoms with Crippen molar-refractivity contribution in [1.29, 1.82) is 0 Å². The van der Waals surface area contributed by atoms with Crippen molar-refractivity contribution in [2.75, 3.05) is 6.61 Å². The lowest BCUT2D eigenvalue weighted by molar-refractivity contribution is -0.143. The summed E-state index contributed by atoms with van der Waals surface area (Å²) in [7, 11) is 0. The molecule has 1 aliphatic carbocycles. The minimum Gasteiger partial charge on any atom is -0.472 e. The summed E-state index contributed by atoms with van der Waals surface area (Å²) < 4.78 is 11.0. The van der Waals surface area contributed by atoms with E-state index in [2.05, 4.69) is 6.92 Å². The van der Waals surface area contributed by atoms with Crippen LogP contribution in [0.25, 0.3) is 0 Å². The average molecular weight is 252 g/mol. The summed E-state index contributed by atoms with van der Waals surface area (Å²) in [5.41, 5.74) is 0.693. The van der Waals surface area contributed by atoms with Crippen LogP contribution < -0.4 is 0 Å². The van der Waals surface area contributed by atoms with Crippen molar-refractivity contribution in [3.05, 3.63) is 24.2 Å². The normalized spacial score (nSPS) is 30.3. The van der Waals surface area contributed by atoms with Gasteiger partial charge in [0.25, 0.3) is 0 Å². The van der Waals surface area contributed by atoms with Crippen LogP contribution in [0.15, 0.2) is 23.0 Å². The lowest BCUT2D eigenvalue weighted by Gasteiger charge is -2.42. The quantitative estimate of drug-likeness (QED) is 0.875. The van der Waals surface area contributed by atoms with Crippen molar-refractivity contribution < 1.29 is 14.3 Å². The van der Waals surface area contributed by atoms with Crippen LogP contribution in [0.1, 0.15) is 45.1 Å². The van der Waals surface area contributed by atoms with Crippen molar-refractivity contribution in [1.82, 2.24) is 0 Å². The maximum atomic E-state index is 10.5. The average Bonchev–Trinajstić information content (AvgIpc) is 2.85. The summed E-state index contributed by atoms with van der Waals surface area (Å²) in [5, 5.41) is 10.5. The van der Waals surface area contributed by atoms with Crippen molar-refractivity contribution in [3.8, 4) is 0 Å².